The van der Waals surface area contributed by atoms with E-state index in [4.69, 9.17) is 4.42 Å². The van der Waals surface area contributed by atoms with Crippen molar-refractivity contribution in [3.8, 4) is 17.3 Å². The monoisotopic (exact) mass is 416 g/mol. The van der Waals surface area contributed by atoms with Crippen LogP contribution in [0.2, 0.25) is 0 Å². The van der Waals surface area contributed by atoms with Gasteiger partial charge >= 0.3 is 0 Å². The molecule has 3 heterocycles. The van der Waals surface area contributed by atoms with Crippen LogP contribution >= 0.6 is 0 Å². The van der Waals surface area contributed by atoms with E-state index in [1.165, 1.54) is 16.9 Å². The predicted molar refractivity (Wildman–Crippen MR) is 101 cm³/mol. The van der Waals surface area contributed by atoms with Gasteiger partial charge in [0.1, 0.15) is 22.6 Å². The molecule has 148 valence electrons. The van der Waals surface area contributed by atoms with E-state index in [1.54, 1.807) is 30.3 Å². The molecule has 1 aromatic carbocycles. The van der Waals surface area contributed by atoms with E-state index in [9.17, 15) is 13.0 Å². The molecule has 0 aliphatic carbocycles. The van der Waals surface area contributed by atoms with Crippen molar-refractivity contribution >= 4 is 16.9 Å². The van der Waals surface area contributed by atoms with Gasteiger partial charge in [-0.2, -0.15) is 0 Å². The summed E-state index contributed by atoms with van der Waals surface area (Å²) in [7, 11) is -1.60. The molecule has 11 heteroatoms. The number of anilines is 1. The molecule has 1 N–H and O–H groups in total. The van der Waals surface area contributed by atoms with E-state index in [-0.39, 0.29) is 29.6 Å². The number of nitrogens with zero attached hydrogens (tertiary/aromatic N) is 5. The Bertz CT molecular complexity index is 1130. The fourth-order valence-corrected chi connectivity index (χ4v) is 3.39. The van der Waals surface area contributed by atoms with Crippen LogP contribution in [0.15, 0.2) is 59.5 Å². The Morgan fingerprint density at radius 1 is 1.07 bits per heavy atom. The predicted octanol–water partition coefficient (Wildman–Crippen LogP) is 2.91. The summed E-state index contributed by atoms with van der Waals surface area (Å²) < 4.78 is 49.3. The Morgan fingerprint density at radius 3 is 2.59 bits per heavy atom. The van der Waals surface area contributed by atoms with E-state index >= 15 is 0 Å². The van der Waals surface area contributed by atoms with Gasteiger partial charge < -0.3 is 4.42 Å². The second-order valence-corrected chi connectivity index (χ2v) is 7.13. The normalized spacial score (nSPS) is 12.1. The van der Waals surface area contributed by atoms with Crippen LogP contribution in [0.4, 0.5) is 14.7 Å². The van der Waals surface area contributed by atoms with E-state index in [1.807, 2.05) is 0 Å². The molecule has 4 aromatic rings. The van der Waals surface area contributed by atoms with Crippen LogP contribution < -0.4 is 4.72 Å². The molecule has 0 aliphatic heterocycles. The first-order valence-corrected chi connectivity index (χ1v) is 9.79. The lowest BCUT2D eigenvalue weighted by Gasteiger charge is -2.11. The van der Waals surface area contributed by atoms with Crippen molar-refractivity contribution < 1.29 is 17.4 Å². The molecule has 0 bridgehead atoms. The minimum atomic E-state index is -1.60. The number of hydrogen-bond donors (Lipinski definition) is 1. The number of benzene rings is 1. The van der Waals surface area contributed by atoms with Gasteiger partial charge in [0.15, 0.2) is 11.6 Å². The van der Waals surface area contributed by atoms with Crippen LogP contribution in [0.1, 0.15) is 5.82 Å². The van der Waals surface area contributed by atoms with E-state index in [2.05, 4.69) is 24.9 Å². The van der Waals surface area contributed by atoms with E-state index in [0.717, 1.165) is 12.4 Å². The van der Waals surface area contributed by atoms with Gasteiger partial charge in [-0.05, 0) is 24.3 Å². The molecular formula is C18H14F2N6O2S. The highest BCUT2D eigenvalue weighted by atomic mass is 32.2. The van der Waals surface area contributed by atoms with Crippen molar-refractivity contribution in [2.75, 3.05) is 10.5 Å². The number of aryl methyl sites for hydroxylation is 1. The lowest BCUT2D eigenvalue weighted by molar-refractivity contribution is 0.574. The SMILES string of the molecule is O=S(CCc1ncc(F)cn1)Nc1nnc(-c2ccco2)n1-c1ccccc1F. The summed E-state index contributed by atoms with van der Waals surface area (Å²) in [5, 5.41) is 8.04. The maximum Gasteiger partial charge on any atom is 0.241 e. The molecule has 0 saturated carbocycles. The summed E-state index contributed by atoms with van der Waals surface area (Å²) in [6.07, 6.45) is 3.80. The summed E-state index contributed by atoms with van der Waals surface area (Å²) in [6, 6.07) is 9.40. The summed E-state index contributed by atoms with van der Waals surface area (Å²) in [6.45, 7) is 0. The maximum atomic E-state index is 14.4. The third-order valence-electron chi connectivity index (χ3n) is 3.89. The van der Waals surface area contributed by atoms with Gasteiger partial charge in [0.25, 0.3) is 0 Å². The standard InChI is InChI=1S/C18H14F2N6O2S/c19-12-10-21-16(22-11-12)7-9-29(27)25-18-24-23-17(15-6-3-8-28-15)26(18)14-5-2-1-4-13(14)20/h1-6,8,10-11H,7,9H2,(H,24,25). The second kappa shape index (κ2) is 8.27. The quantitative estimate of drug-likeness (QED) is 0.497. The third-order valence-corrected chi connectivity index (χ3v) is 4.87. The summed E-state index contributed by atoms with van der Waals surface area (Å²) in [4.78, 5) is 7.66. The van der Waals surface area contributed by atoms with Crippen LogP contribution in [0.3, 0.4) is 0 Å². The Balaban J connectivity index is 1.59. The Morgan fingerprint density at radius 2 is 1.86 bits per heavy atom. The maximum absolute atomic E-state index is 14.4. The average Bonchev–Trinajstić information content (AvgIpc) is 3.38. The molecule has 0 fully saturated rings. The molecule has 1 unspecified atom stereocenters. The summed E-state index contributed by atoms with van der Waals surface area (Å²) in [5.74, 6) is 0.144. The Kier molecular flexibility index (Phi) is 5.38. The molecule has 4 rings (SSSR count). The number of aromatic nitrogens is 5. The lowest BCUT2D eigenvalue weighted by atomic mass is 10.3. The van der Waals surface area contributed by atoms with Crippen LogP contribution in [-0.2, 0) is 17.4 Å². The molecule has 29 heavy (non-hydrogen) atoms. The van der Waals surface area contributed by atoms with Crippen molar-refractivity contribution in [2.45, 2.75) is 6.42 Å². The van der Waals surface area contributed by atoms with Gasteiger partial charge in [-0.1, -0.05) is 12.1 Å². The molecule has 1 atom stereocenters. The van der Waals surface area contributed by atoms with Gasteiger partial charge in [-0.15, -0.1) is 10.2 Å². The van der Waals surface area contributed by atoms with E-state index in [0.29, 0.717) is 11.6 Å². The molecule has 8 nitrogen and oxygen atoms in total. The zero-order valence-corrected chi connectivity index (χ0v) is 15.6. The molecule has 0 spiro atoms. The number of furan rings is 1. The number of rotatable bonds is 7. The molecular weight excluding hydrogens is 402 g/mol. The van der Waals surface area contributed by atoms with Gasteiger partial charge in [0, 0.05) is 6.42 Å². The van der Waals surface area contributed by atoms with Gasteiger partial charge in [-0.25, -0.2) is 23.0 Å². The molecule has 3 aromatic heterocycles. The number of halogens is 2. The average molecular weight is 416 g/mol. The van der Waals surface area contributed by atoms with Crippen molar-refractivity contribution in [3.05, 3.63) is 72.5 Å². The van der Waals surface area contributed by atoms with Crippen LogP contribution in [-0.4, -0.2) is 34.7 Å². The Hall–Kier alpha value is -3.47. The van der Waals surface area contributed by atoms with Gasteiger partial charge in [-0.3, -0.25) is 9.29 Å². The highest BCUT2D eigenvalue weighted by Crippen LogP contribution is 2.27. The van der Waals surface area contributed by atoms with Crippen molar-refractivity contribution in [1.82, 2.24) is 24.7 Å². The van der Waals surface area contributed by atoms with Crippen LogP contribution in [0.5, 0.6) is 0 Å². The van der Waals surface area contributed by atoms with Crippen LogP contribution in [0, 0.1) is 11.6 Å². The first-order chi connectivity index (χ1) is 14.1. The fourth-order valence-electron chi connectivity index (χ4n) is 2.58. The summed E-state index contributed by atoms with van der Waals surface area (Å²) >= 11 is 0. The van der Waals surface area contributed by atoms with Gasteiger partial charge in [0.05, 0.1) is 30.1 Å². The number of hydrogen-bond acceptors (Lipinski definition) is 6. The first kappa shape index (κ1) is 18.9. The highest BCUT2D eigenvalue weighted by molar-refractivity contribution is 7.86. The first-order valence-electron chi connectivity index (χ1n) is 8.47. The fraction of sp³-hybridized carbons (Fsp3) is 0.111. The molecule has 0 amide bonds. The highest BCUT2D eigenvalue weighted by Gasteiger charge is 2.21. The molecule has 0 aliphatic rings. The molecule has 0 radical (unpaired) electrons. The zero-order valence-electron chi connectivity index (χ0n) is 14.8. The number of para-hydroxylation sites is 1. The largest absolute Gasteiger partial charge is 0.461 e. The second-order valence-electron chi connectivity index (χ2n) is 5.83. The third kappa shape index (κ3) is 4.19. The van der Waals surface area contributed by atoms with Crippen molar-refractivity contribution in [2.24, 2.45) is 0 Å². The topological polar surface area (TPSA) is 98.7 Å². The minimum absolute atomic E-state index is 0.0832. The smallest absolute Gasteiger partial charge is 0.241 e. The molecule has 0 saturated heterocycles. The van der Waals surface area contributed by atoms with Crippen LogP contribution in [0.25, 0.3) is 17.3 Å². The van der Waals surface area contributed by atoms with Gasteiger partial charge in [0.2, 0.25) is 11.8 Å². The zero-order chi connectivity index (χ0) is 20.2. The lowest BCUT2D eigenvalue weighted by Crippen LogP contribution is -2.15. The number of nitrogens with one attached hydrogen (secondary N) is 1. The van der Waals surface area contributed by atoms with Crippen molar-refractivity contribution in [3.63, 3.8) is 0 Å². The summed E-state index contributed by atoms with van der Waals surface area (Å²) in [5.41, 5.74) is 0.172. The van der Waals surface area contributed by atoms with Crippen molar-refractivity contribution in [1.29, 1.82) is 0 Å². The minimum Gasteiger partial charge on any atom is -0.461 e. The Labute approximate surface area is 166 Å². The van der Waals surface area contributed by atoms with E-state index < -0.39 is 22.6 Å².